The van der Waals surface area contributed by atoms with Crippen molar-refractivity contribution in [3.63, 3.8) is 0 Å². The maximum atomic E-state index is 12.5. The molecule has 1 aliphatic rings. The number of nitrogens with two attached hydrogens (primary N) is 1. The van der Waals surface area contributed by atoms with Crippen LogP contribution in [0.3, 0.4) is 0 Å². The number of hydrogen-bond donors (Lipinski definition) is 2. The Morgan fingerprint density at radius 3 is 2.61 bits per heavy atom. The van der Waals surface area contributed by atoms with E-state index < -0.39 is 5.91 Å². The van der Waals surface area contributed by atoms with Crippen LogP contribution < -0.4 is 11.1 Å². The van der Waals surface area contributed by atoms with Gasteiger partial charge in [0.1, 0.15) is 0 Å². The van der Waals surface area contributed by atoms with Crippen LogP contribution >= 0.6 is 12.4 Å². The maximum Gasteiger partial charge on any atom is 0.237 e. The van der Waals surface area contributed by atoms with E-state index in [9.17, 15) is 9.59 Å². The number of nitrogens with one attached hydrogen (secondary N) is 1. The van der Waals surface area contributed by atoms with Crippen molar-refractivity contribution in [1.29, 1.82) is 0 Å². The fraction of sp³-hybridized carbons (Fsp3) is 0.529. The van der Waals surface area contributed by atoms with Gasteiger partial charge in [0.25, 0.3) is 0 Å². The zero-order chi connectivity index (χ0) is 15.9. The number of hydrogen-bond acceptors (Lipinski definition) is 3. The minimum Gasteiger partial charge on any atom is -0.368 e. The van der Waals surface area contributed by atoms with Crippen molar-refractivity contribution >= 4 is 24.2 Å². The van der Waals surface area contributed by atoms with Crippen LogP contribution in [0.4, 0.5) is 0 Å². The minimum atomic E-state index is -0.473. The molecule has 2 rings (SSSR count). The highest BCUT2D eigenvalue weighted by molar-refractivity contribution is 5.85. The van der Waals surface area contributed by atoms with Gasteiger partial charge in [0.15, 0.2) is 0 Å². The largest absolute Gasteiger partial charge is 0.368 e. The number of carbonyl (C=O) groups is 2. The standard InChI is InChI=1S/C17H25N3O2.ClH/c1-13(15-5-3-2-4-6-15)20(12-16(18)21)17(22)8-7-14-9-10-19-11-14;/h2-6,13-14,19H,7-12H2,1H3,(H2,18,21);1H/t13-,14?;/m1./s1. The van der Waals surface area contributed by atoms with Gasteiger partial charge in [-0.2, -0.15) is 0 Å². The maximum absolute atomic E-state index is 12.5. The number of rotatable bonds is 7. The molecular weight excluding hydrogens is 314 g/mol. The third-order valence-electron chi connectivity index (χ3n) is 4.32. The van der Waals surface area contributed by atoms with Crippen molar-refractivity contribution in [1.82, 2.24) is 10.2 Å². The van der Waals surface area contributed by atoms with Gasteiger partial charge in [-0.15, -0.1) is 12.4 Å². The van der Waals surface area contributed by atoms with Crippen LogP contribution in [0, 0.1) is 5.92 Å². The summed E-state index contributed by atoms with van der Waals surface area (Å²) >= 11 is 0. The molecule has 1 unspecified atom stereocenters. The van der Waals surface area contributed by atoms with E-state index in [0.717, 1.165) is 31.5 Å². The highest BCUT2D eigenvalue weighted by Crippen LogP contribution is 2.22. The summed E-state index contributed by atoms with van der Waals surface area (Å²) in [4.78, 5) is 25.5. The van der Waals surface area contributed by atoms with Crippen LogP contribution in [0.2, 0.25) is 0 Å². The third kappa shape index (κ3) is 5.84. The smallest absolute Gasteiger partial charge is 0.237 e. The molecule has 0 aromatic heterocycles. The first-order valence-electron chi connectivity index (χ1n) is 7.91. The molecule has 0 spiro atoms. The van der Waals surface area contributed by atoms with Gasteiger partial charge < -0.3 is 16.0 Å². The highest BCUT2D eigenvalue weighted by Gasteiger charge is 2.24. The van der Waals surface area contributed by atoms with Crippen molar-refractivity contribution in [2.45, 2.75) is 32.2 Å². The molecule has 0 saturated carbocycles. The number of amides is 2. The molecule has 0 bridgehead atoms. The van der Waals surface area contributed by atoms with Crippen LogP contribution in [-0.4, -0.2) is 36.3 Å². The molecule has 0 aliphatic carbocycles. The summed E-state index contributed by atoms with van der Waals surface area (Å²) in [6, 6.07) is 9.58. The lowest BCUT2D eigenvalue weighted by Crippen LogP contribution is -2.40. The Morgan fingerprint density at radius 1 is 1.35 bits per heavy atom. The number of carbonyl (C=O) groups excluding carboxylic acids is 2. The monoisotopic (exact) mass is 339 g/mol. The Morgan fingerprint density at radius 2 is 2.04 bits per heavy atom. The van der Waals surface area contributed by atoms with Gasteiger partial charge >= 0.3 is 0 Å². The van der Waals surface area contributed by atoms with Crippen LogP contribution in [0.1, 0.15) is 37.8 Å². The molecule has 0 radical (unpaired) electrons. The minimum absolute atomic E-state index is 0. The Labute approximate surface area is 144 Å². The number of halogens is 1. The Kier molecular flexibility index (Phi) is 8.06. The number of benzene rings is 1. The van der Waals surface area contributed by atoms with E-state index in [1.165, 1.54) is 0 Å². The first-order valence-corrected chi connectivity index (χ1v) is 7.91. The summed E-state index contributed by atoms with van der Waals surface area (Å²) in [5.74, 6) is 0.0899. The number of primary amides is 1. The fourth-order valence-electron chi connectivity index (χ4n) is 2.95. The molecular formula is C17H26ClN3O2. The summed E-state index contributed by atoms with van der Waals surface area (Å²) < 4.78 is 0. The second kappa shape index (κ2) is 9.53. The second-order valence-corrected chi connectivity index (χ2v) is 5.97. The van der Waals surface area contributed by atoms with E-state index in [1.807, 2.05) is 37.3 Å². The summed E-state index contributed by atoms with van der Waals surface area (Å²) in [6.45, 7) is 3.92. The molecule has 6 heteroatoms. The fourth-order valence-corrected chi connectivity index (χ4v) is 2.95. The Balaban J connectivity index is 0.00000264. The molecule has 3 N–H and O–H groups in total. The molecule has 1 saturated heterocycles. The zero-order valence-electron chi connectivity index (χ0n) is 13.5. The van der Waals surface area contributed by atoms with Crippen molar-refractivity contribution in [3.8, 4) is 0 Å². The van der Waals surface area contributed by atoms with Gasteiger partial charge in [-0.25, -0.2) is 0 Å². The lowest BCUT2D eigenvalue weighted by Gasteiger charge is -2.29. The summed E-state index contributed by atoms with van der Waals surface area (Å²) in [5.41, 5.74) is 6.34. The van der Waals surface area contributed by atoms with Gasteiger partial charge in [0.2, 0.25) is 11.8 Å². The van der Waals surface area contributed by atoms with Gasteiger partial charge in [0, 0.05) is 6.42 Å². The van der Waals surface area contributed by atoms with Crippen molar-refractivity contribution in [3.05, 3.63) is 35.9 Å². The van der Waals surface area contributed by atoms with Gasteiger partial charge in [-0.3, -0.25) is 9.59 Å². The molecule has 23 heavy (non-hydrogen) atoms. The quantitative estimate of drug-likeness (QED) is 0.796. The SMILES string of the molecule is C[C@H](c1ccccc1)N(CC(N)=O)C(=O)CCC1CCNC1.Cl. The predicted octanol–water partition coefficient (Wildman–Crippen LogP) is 1.87. The first-order chi connectivity index (χ1) is 10.6. The molecule has 1 fully saturated rings. The second-order valence-electron chi connectivity index (χ2n) is 5.97. The summed E-state index contributed by atoms with van der Waals surface area (Å²) in [5, 5.41) is 3.31. The third-order valence-corrected chi connectivity index (χ3v) is 4.32. The van der Waals surface area contributed by atoms with E-state index in [1.54, 1.807) is 4.90 Å². The van der Waals surface area contributed by atoms with Crippen LogP contribution in [0.15, 0.2) is 30.3 Å². The van der Waals surface area contributed by atoms with E-state index in [0.29, 0.717) is 12.3 Å². The van der Waals surface area contributed by atoms with Crippen LogP contribution in [0.25, 0.3) is 0 Å². The molecule has 1 heterocycles. The van der Waals surface area contributed by atoms with Crippen molar-refractivity contribution in [2.75, 3.05) is 19.6 Å². The predicted molar refractivity (Wildman–Crippen MR) is 93.2 cm³/mol. The van der Waals surface area contributed by atoms with Gasteiger partial charge in [0.05, 0.1) is 12.6 Å². The topological polar surface area (TPSA) is 75.4 Å². The van der Waals surface area contributed by atoms with E-state index in [4.69, 9.17) is 5.73 Å². The molecule has 1 aromatic rings. The normalized spacial score (nSPS) is 18.0. The molecule has 1 aliphatic heterocycles. The Hall–Kier alpha value is -1.59. The van der Waals surface area contributed by atoms with Crippen LogP contribution in [0.5, 0.6) is 0 Å². The Bertz CT molecular complexity index is 504. The van der Waals surface area contributed by atoms with E-state index in [2.05, 4.69) is 5.32 Å². The van der Waals surface area contributed by atoms with E-state index in [-0.39, 0.29) is 30.9 Å². The lowest BCUT2D eigenvalue weighted by molar-refractivity contribution is -0.137. The molecule has 2 atom stereocenters. The average molecular weight is 340 g/mol. The van der Waals surface area contributed by atoms with Crippen LogP contribution in [-0.2, 0) is 9.59 Å². The van der Waals surface area contributed by atoms with E-state index >= 15 is 0 Å². The summed E-state index contributed by atoms with van der Waals surface area (Å²) in [7, 11) is 0. The van der Waals surface area contributed by atoms with Gasteiger partial charge in [-0.05, 0) is 44.3 Å². The molecule has 5 nitrogen and oxygen atoms in total. The first kappa shape index (κ1) is 19.5. The molecule has 2 amide bonds. The highest BCUT2D eigenvalue weighted by atomic mass is 35.5. The van der Waals surface area contributed by atoms with Gasteiger partial charge in [-0.1, -0.05) is 30.3 Å². The average Bonchev–Trinajstić information content (AvgIpc) is 3.03. The molecule has 1 aromatic carbocycles. The summed E-state index contributed by atoms with van der Waals surface area (Å²) in [6.07, 6.45) is 2.46. The lowest BCUT2D eigenvalue weighted by atomic mass is 10.0. The van der Waals surface area contributed by atoms with Crippen molar-refractivity contribution < 1.29 is 9.59 Å². The molecule has 128 valence electrons. The number of nitrogens with zero attached hydrogens (tertiary/aromatic N) is 1. The zero-order valence-corrected chi connectivity index (χ0v) is 14.3. The van der Waals surface area contributed by atoms with Crippen molar-refractivity contribution in [2.24, 2.45) is 11.7 Å².